The predicted molar refractivity (Wildman–Crippen MR) is 70.8 cm³/mol. The number of aryl methyl sites for hydroxylation is 2. The summed E-state index contributed by atoms with van der Waals surface area (Å²) in [5, 5.41) is 11.0. The zero-order valence-electron chi connectivity index (χ0n) is 10.7. The number of hydrogen-bond acceptors (Lipinski definition) is 3. The molecular weight excluding hydrogens is 250 g/mol. The number of nitrogens with one attached hydrogen (secondary N) is 1. The van der Waals surface area contributed by atoms with E-state index in [1.807, 2.05) is 6.92 Å². The number of carbonyl (C=O) groups is 1. The lowest BCUT2D eigenvalue weighted by Gasteiger charge is -2.19. The fourth-order valence-corrected chi connectivity index (χ4v) is 2.81. The number of alkyl halides is 1. The van der Waals surface area contributed by atoms with Crippen molar-refractivity contribution in [1.82, 2.24) is 15.5 Å². The molecule has 1 aliphatic carbocycles. The Morgan fingerprint density at radius 1 is 1.44 bits per heavy atom. The summed E-state index contributed by atoms with van der Waals surface area (Å²) in [7, 11) is 0. The molecule has 2 unspecified atom stereocenters. The summed E-state index contributed by atoms with van der Waals surface area (Å²) in [6.45, 7) is 3.63. The van der Waals surface area contributed by atoms with Gasteiger partial charge in [0.05, 0.1) is 17.0 Å². The van der Waals surface area contributed by atoms with Gasteiger partial charge in [-0.25, -0.2) is 0 Å². The first-order valence-electron chi connectivity index (χ1n) is 6.29. The molecule has 1 heterocycles. The Kier molecular flexibility index (Phi) is 4.17. The van der Waals surface area contributed by atoms with E-state index in [-0.39, 0.29) is 11.9 Å². The standard InChI is InChI=1S/C13H18ClN3O/c1-8-6-11(9(2)17-16-8)13(18)15-12-5-3-4-10(12)7-14/h6,10,12H,3-5,7H2,1-2H3,(H,15,18). The van der Waals surface area contributed by atoms with Crippen molar-refractivity contribution in [2.45, 2.75) is 39.2 Å². The summed E-state index contributed by atoms with van der Waals surface area (Å²) in [4.78, 5) is 12.2. The minimum atomic E-state index is -0.0625. The molecule has 1 aromatic heterocycles. The Morgan fingerprint density at radius 3 is 2.94 bits per heavy atom. The fourth-order valence-electron chi connectivity index (χ4n) is 2.44. The molecule has 18 heavy (non-hydrogen) atoms. The van der Waals surface area contributed by atoms with E-state index in [0.717, 1.165) is 25.0 Å². The van der Waals surface area contributed by atoms with Gasteiger partial charge in [-0.05, 0) is 38.7 Å². The average molecular weight is 268 g/mol. The van der Waals surface area contributed by atoms with E-state index in [4.69, 9.17) is 11.6 Å². The van der Waals surface area contributed by atoms with E-state index >= 15 is 0 Å². The van der Waals surface area contributed by atoms with Crippen LogP contribution in [-0.2, 0) is 0 Å². The monoisotopic (exact) mass is 267 g/mol. The van der Waals surface area contributed by atoms with Gasteiger partial charge in [-0.1, -0.05) is 6.42 Å². The van der Waals surface area contributed by atoms with E-state index in [1.165, 1.54) is 0 Å². The molecule has 0 aliphatic heterocycles. The van der Waals surface area contributed by atoms with Crippen LogP contribution in [-0.4, -0.2) is 28.0 Å². The summed E-state index contributed by atoms with van der Waals surface area (Å²) in [5.41, 5.74) is 2.03. The molecule has 98 valence electrons. The summed E-state index contributed by atoms with van der Waals surface area (Å²) in [6.07, 6.45) is 3.25. The van der Waals surface area contributed by atoms with Crippen molar-refractivity contribution in [1.29, 1.82) is 0 Å². The molecule has 2 atom stereocenters. The minimum absolute atomic E-state index is 0.0625. The van der Waals surface area contributed by atoms with Gasteiger partial charge in [0.15, 0.2) is 0 Å². The molecule has 0 saturated heterocycles. The quantitative estimate of drug-likeness (QED) is 0.855. The highest BCUT2D eigenvalue weighted by Crippen LogP contribution is 2.26. The van der Waals surface area contributed by atoms with Gasteiger partial charge < -0.3 is 5.32 Å². The Morgan fingerprint density at radius 2 is 2.22 bits per heavy atom. The molecule has 1 N–H and O–H groups in total. The highest BCUT2D eigenvalue weighted by atomic mass is 35.5. The lowest BCUT2D eigenvalue weighted by atomic mass is 10.1. The molecule has 0 radical (unpaired) electrons. The topological polar surface area (TPSA) is 54.9 Å². The van der Waals surface area contributed by atoms with E-state index in [2.05, 4.69) is 15.5 Å². The maximum atomic E-state index is 12.2. The van der Waals surface area contributed by atoms with E-state index in [9.17, 15) is 4.79 Å². The lowest BCUT2D eigenvalue weighted by molar-refractivity contribution is 0.0928. The zero-order chi connectivity index (χ0) is 13.1. The van der Waals surface area contributed by atoms with E-state index in [1.54, 1.807) is 13.0 Å². The van der Waals surface area contributed by atoms with Gasteiger partial charge in [0.25, 0.3) is 5.91 Å². The molecule has 0 spiro atoms. The van der Waals surface area contributed by atoms with Gasteiger partial charge in [-0.3, -0.25) is 4.79 Å². The molecule has 0 aromatic carbocycles. The lowest BCUT2D eigenvalue weighted by Crippen LogP contribution is -2.38. The normalized spacial score (nSPS) is 23.1. The van der Waals surface area contributed by atoms with Crippen molar-refractivity contribution in [3.8, 4) is 0 Å². The van der Waals surface area contributed by atoms with Crippen LogP contribution in [0, 0.1) is 19.8 Å². The smallest absolute Gasteiger partial charge is 0.253 e. The van der Waals surface area contributed by atoms with Crippen LogP contribution in [0.5, 0.6) is 0 Å². The SMILES string of the molecule is Cc1cc(C(=O)NC2CCCC2CCl)c(C)nn1. The molecule has 4 nitrogen and oxygen atoms in total. The van der Waals surface area contributed by atoms with Crippen molar-refractivity contribution in [3.63, 3.8) is 0 Å². The summed E-state index contributed by atoms with van der Waals surface area (Å²) < 4.78 is 0. The number of carbonyl (C=O) groups excluding carboxylic acids is 1. The van der Waals surface area contributed by atoms with Gasteiger partial charge in [0.1, 0.15) is 0 Å². The predicted octanol–water partition coefficient (Wildman–Crippen LogP) is 2.23. The highest BCUT2D eigenvalue weighted by molar-refractivity contribution is 6.18. The molecule has 1 fully saturated rings. The van der Waals surface area contributed by atoms with Crippen LogP contribution < -0.4 is 5.32 Å². The summed E-state index contributed by atoms with van der Waals surface area (Å²) >= 11 is 5.91. The van der Waals surface area contributed by atoms with Crippen LogP contribution in [0.1, 0.15) is 41.0 Å². The maximum Gasteiger partial charge on any atom is 0.253 e. The Hall–Kier alpha value is -1.16. The van der Waals surface area contributed by atoms with Gasteiger partial charge in [-0.2, -0.15) is 10.2 Å². The third kappa shape index (κ3) is 2.80. The first kappa shape index (κ1) is 13.3. The molecule has 5 heteroatoms. The van der Waals surface area contributed by atoms with Crippen LogP contribution in [0.3, 0.4) is 0 Å². The van der Waals surface area contributed by atoms with Crippen LogP contribution in [0.15, 0.2) is 6.07 Å². The van der Waals surface area contributed by atoms with Crippen molar-refractivity contribution >= 4 is 17.5 Å². The Bertz CT molecular complexity index is 450. The molecule has 0 bridgehead atoms. The fraction of sp³-hybridized carbons (Fsp3) is 0.615. The second kappa shape index (κ2) is 5.65. The van der Waals surface area contributed by atoms with Crippen molar-refractivity contribution in [2.75, 3.05) is 5.88 Å². The maximum absolute atomic E-state index is 12.2. The largest absolute Gasteiger partial charge is 0.349 e. The Labute approximate surface area is 112 Å². The number of nitrogens with zero attached hydrogens (tertiary/aromatic N) is 2. The van der Waals surface area contributed by atoms with E-state index < -0.39 is 0 Å². The molecular formula is C13H18ClN3O. The van der Waals surface area contributed by atoms with Crippen molar-refractivity contribution in [3.05, 3.63) is 23.0 Å². The summed E-state index contributed by atoms with van der Waals surface area (Å²) in [6, 6.07) is 1.98. The molecule has 1 amide bonds. The van der Waals surface area contributed by atoms with Crippen molar-refractivity contribution < 1.29 is 4.79 Å². The van der Waals surface area contributed by atoms with Crippen LogP contribution in [0.2, 0.25) is 0 Å². The average Bonchev–Trinajstić information content (AvgIpc) is 2.79. The first-order valence-corrected chi connectivity index (χ1v) is 6.83. The molecule has 1 aliphatic rings. The number of aromatic nitrogens is 2. The first-order chi connectivity index (χ1) is 8.61. The van der Waals surface area contributed by atoms with Crippen LogP contribution in [0.25, 0.3) is 0 Å². The van der Waals surface area contributed by atoms with Gasteiger partial charge >= 0.3 is 0 Å². The van der Waals surface area contributed by atoms with Gasteiger partial charge in [0, 0.05) is 11.9 Å². The molecule has 1 saturated carbocycles. The third-order valence-electron chi connectivity index (χ3n) is 3.52. The van der Waals surface area contributed by atoms with Gasteiger partial charge in [0.2, 0.25) is 0 Å². The minimum Gasteiger partial charge on any atom is -0.349 e. The van der Waals surface area contributed by atoms with Crippen LogP contribution in [0.4, 0.5) is 0 Å². The summed E-state index contributed by atoms with van der Waals surface area (Å²) in [5.74, 6) is 0.941. The third-order valence-corrected chi connectivity index (χ3v) is 3.92. The molecule has 2 rings (SSSR count). The van der Waals surface area contributed by atoms with E-state index in [0.29, 0.717) is 23.1 Å². The second-order valence-electron chi connectivity index (χ2n) is 4.91. The van der Waals surface area contributed by atoms with Gasteiger partial charge in [-0.15, -0.1) is 11.6 Å². The number of hydrogen-bond donors (Lipinski definition) is 1. The van der Waals surface area contributed by atoms with Crippen LogP contribution >= 0.6 is 11.6 Å². The molecule has 1 aromatic rings. The number of halogens is 1. The highest BCUT2D eigenvalue weighted by Gasteiger charge is 2.28. The second-order valence-corrected chi connectivity index (χ2v) is 5.22. The van der Waals surface area contributed by atoms with Crippen molar-refractivity contribution in [2.24, 2.45) is 5.92 Å². The Balaban J connectivity index is 2.09. The number of rotatable bonds is 3. The number of amides is 1. The zero-order valence-corrected chi connectivity index (χ0v) is 11.5.